The molecule has 2 amide bonds. The number of furan rings is 1. The molecular weight excluding hydrogens is 486 g/mol. The van der Waals surface area contributed by atoms with Crippen LogP contribution in [0.15, 0.2) is 89.7 Å². The van der Waals surface area contributed by atoms with Crippen molar-refractivity contribution in [3.05, 3.63) is 108 Å². The van der Waals surface area contributed by atoms with Crippen molar-refractivity contribution in [2.24, 2.45) is 0 Å². The molecule has 0 spiro atoms. The van der Waals surface area contributed by atoms with E-state index in [9.17, 15) is 9.59 Å². The molecule has 1 aliphatic carbocycles. The third kappa shape index (κ3) is 5.03. The summed E-state index contributed by atoms with van der Waals surface area (Å²) >= 11 is 0. The van der Waals surface area contributed by atoms with Crippen LogP contribution in [0.5, 0.6) is 0 Å². The van der Waals surface area contributed by atoms with Crippen molar-refractivity contribution in [1.29, 1.82) is 0 Å². The number of hydrogen-bond acceptors (Lipinski definition) is 3. The van der Waals surface area contributed by atoms with Gasteiger partial charge in [-0.1, -0.05) is 50.5 Å². The van der Waals surface area contributed by atoms with Crippen LogP contribution in [0.1, 0.15) is 78.9 Å². The number of rotatable bonds is 10. The van der Waals surface area contributed by atoms with Crippen molar-refractivity contribution in [2.75, 3.05) is 11.4 Å². The molecule has 0 bridgehead atoms. The van der Waals surface area contributed by atoms with Crippen molar-refractivity contribution in [3.8, 4) is 5.69 Å². The van der Waals surface area contributed by atoms with Crippen LogP contribution in [0.3, 0.4) is 0 Å². The van der Waals surface area contributed by atoms with E-state index in [2.05, 4.69) is 23.6 Å². The summed E-state index contributed by atoms with van der Waals surface area (Å²) < 4.78 is 7.95. The first-order chi connectivity index (χ1) is 19.2. The highest BCUT2D eigenvalue weighted by atomic mass is 16.3. The highest BCUT2D eigenvalue weighted by Crippen LogP contribution is 2.42. The van der Waals surface area contributed by atoms with Gasteiger partial charge in [0.25, 0.3) is 5.91 Å². The highest BCUT2D eigenvalue weighted by Gasteiger charge is 2.41. The molecule has 0 unspecified atom stereocenters. The number of benzene rings is 2. The van der Waals surface area contributed by atoms with Crippen LogP contribution >= 0.6 is 0 Å². The number of unbranched alkanes of at least 4 members (excludes halogenated alkanes) is 3. The van der Waals surface area contributed by atoms with E-state index < -0.39 is 6.04 Å². The first-order valence-electron chi connectivity index (χ1n) is 14.2. The SMILES string of the molecule is CCCCCCc1ccc(C(=O)N(CC(=O)N2c3ccccc3-n3cccc3[C@H]2c2ccco2)C2CC2)cc1. The van der Waals surface area contributed by atoms with E-state index in [1.807, 2.05) is 71.8 Å². The van der Waals surface area contributed by atoms with Gasteiger partial charge in [-0.05, 0) is 79.8 Å². The summed E-state index contributed by atoms with van der Waals surface area (Å²) in [6.07, 6.45) is 11.4. The Morgan fingerprint density at radius 2 is 1.69 bits per heavy atom. The minimum atomic E-state index is -0.416. The molecule has 3 heterocycles. The molecule has 2 aliphatic rings. The number of para-hydroxylation sites is 2. The molecule has 1 saturated carbocycles. The Kier molecular flexibility index (Phi) is 7.10. The van der Waals surface area contributed by atoms with Gasteiger partial charge >= 0.3 is 0 Å². The zero-order valence-corrected chi connectivity index (χ0v) is 22.5. The number of fused-ring (bicyclic) bond motifs is 3. The molecule has 2 aromatic heterocycles. The van der Waals surface area contributed by atoms with E-state index in [0.29, 0.717) is 11.3 Å². The Bertz CT molecular complexity index is 1430. The van der Waals surface area contributed by atoms with Gasteiger partial charge in [-0.15, -0.1) is 0 Å². The smallest absolute Gasteiger partial charge is 0.254 e. The van der Waals surface area contributed by atoms with Gasteiger partial charge in [0, 0.05) is 17.8 Å². The monoisotopic (exact) mass is 521 g/mol. The molecule has 6 heteroatoms. The molecule has 200 valence electrons. The Labute approximate surface area is 229 Å². The van der Waals surface area contributed by atoms with E-state index in [-0.39, 0.29) is 24.4 Å². The van der Waals surface area contributed by atoms with E-state index in [1.165, 1.54) is 31.2 Å². The lowest BCUT2D eigenvalue weighted by molar-refractivity contribution is -0.120. The number of hydrogen-bond donors (Lipinski definition) is 0. The summed E-state index contributed by atoms with van der Waals surface area (Å²) in [6.45, 7) is 2.24. The molecule has 0 N–H and O–H groups in total. The third-order valence-electron chi connectivity index (χ3n) is 7.87. The lowest BCUT2D eigenvalue weighted by Gasteiger charge is -2.38. The standard InChI is InChI=1S/C33H35N3O3/c1-2-3-4-5-10-24-15-17-25(18-16-24)33(38)35(26-19-20-26)23-31(37)36-28-12-7-6-11-27(28)34-21-8-13-29(34)32(36)30-14-9-22-39-30/h6-9,11-18,21-22,26,32H,2-5,10,19-20,23H2,1H3/t32-/m0/s1. The Morgan fingerprint density at radius 3 is 2.41 bits per heavy atom. The topological polar surface area (TPSA) is 58.7 Å². The summed E-state index contributed by atoms with van der Waals surface area (Å²) in [7, 11) is 0. The maximum atomic E-state index is 14.2. The molecule has 1 atom stereocenters. The Morgan fingerprint density at radius 1 is 0.897 bits per heavy atom. The molecule has 6 nitrogen and oxygen atoms in total. The van der Waals surface area contributed by atoms with Crippen LogP contribution < -0.4 is 4.90 Å². The molecule has 1 fully saturated rings. The van der Waals surface area contributed by atoms with Gasteiger partial charge < -0.3 is 13.9 Å². The highest BCUT2D eigenvalue weighted by molar-refractivity contribution is 6.02. The van der Waals surface area contributed by atoms with Gasteiger partial charge in [-0.2, -0.15) is 0 Å². The first-order valence-corrected chi connectivity index (χ1v) is 14.2. The number of carbonyl (C=O) groups is 2. The number of aryl methyl sites for hydroxylation is 1. The van der Waals surface area contributed by atoms with E-state index in [1.54, 1.807) is 11.2 Å². The Balaban J connectivity index is 1.26. The second-order valence-corrected chi connectivity index (χ2v) is 10.6. The number of carbonyl (C=O) groups excluding carboxylic acids is 2. The van der Waals surface area contributed by atoms with Gasteiger partial charge in [-0.3, -0.25) is 14.5 Å². The fourth-order valence-electron chi connectivity index (χ4n) is 5.69. The molecule has 0 saturated heterocycles. The van der Waals surface area contributed by atoms with Gasteiger partial charge in [-0.25, -0.2) is 0 Å². The largest absolute Gasteiger partial charge is 0.467 e. The van der Waals surface area contributed by atoms with Gasteiger partial charge in [0.1, 0.15) is 18.3 Å². The zero-order chi connectivity index (χ0) is 26.8. The van der Waals surface area contributed by atoms with Gasteiger partial charge in [0.15, 0.2) is 0 Å². The quantitative estimate of drug-likeness (QED) is 0.213. The molecule has 1 aliphatic heterocycles. The molecular formula is C33H35N3O3. The van der Waals surface area contributed by atoms with Crippen LogP contribution in [0.25, 0.3) is 5.69 Å². The van der Waals surface area contributed by atoms with Crippen molar-refractivity contribution in [3.63, 3.8) is 0 Å². The number of nitrogens with zero attached hydrogens (tertiary/aromatic N) is 3. The van der Waals surface area contributed by atoms with E-state index in [4.69, 9.17) is 4.42 Å². The lowest BCUT2D eigenvalue weighted by atomic mass is 10.0. The first kappa shape index (κ1) is 25.2. The minimum absolute atomic E-state index is 0.0223. The predicted molar refractivity (Wildman–Crippen MR) is 152 cm³/mol. The summed E-state index contributed by atoms with van der Waals surface area (Å²) in [6, 6.07) is 23.3. The fraction of sp³-hybridized carbons (Fsp3) is 0.333. The molecule has 2 aromatic carbocycles. The van der Waals surface area contributed by atoms with Crippen LogP contribution in [0, 0.1) is 0 Å². The minimum Gasteiger partial charge on any atom is -0.467 e. The van der Waals surface area contributed by atoms with E-state index >= 15 is 0 Å². The number of aromatic nitrogens is 1. The van der Waals surface area contributed by atoms with Gasteiger partial charge in [0.2, 0.25) is 5.91 Å². The molecule has 4 aromatic rings. The molecule has 0 radical (unpaired) electrons. The third-order valence-corrected chi connectivity index (χ3v) is 7.87. The maximum absolute atomic E-state index is 14.2. The van der Waals surface area contributed by atoms with Crippen LogP contribution in [0.2, 0.25) is 0 Å². The van der Waals surface area contributed by atoms with Crippen molar-refractivity contribution in [1.82, 2.24) is 9.47 Å². The van der Waals surface area contributed by atoms with Crippen LogP contribution in [0.4, 0.5) is 5.69 Å². The molecule has 6 rings (SSSR count). The van der Waals surface area contributed by atoms with Crippen LogP contribution in [-0.2, 0) is 11.2 Å². The second-order valence-electron chi connectivity index (χ2n) is 10.6. The Hall–Kier alpha value is -4.06. The summed E-state index contributed by atoms with van der Waals surface area (Å²) in [5.41, 5.74) is 4.60. The summed E-state index contributed by atoms with van der Waals surface area (Å²) in [5.74, 6) is 0.493. The van der Waals surface area contributed by atoms with Crippen molar-refractivity contribution in [2.45, 2.75) is 64.0 Å². The zero-order valence-electron chi connectivity index (χ0n) is 22.5. The van der Waals surface area contributed by atoms with Gasteiger partial charge in [0.05, 0.1) is 23.3 Å². The van der Waals surface area contributed by atoms with Crippen molar-refractivity contribution < 1.29 is 14.0 Å². The summed E-state index contributed by atoms with van der Waals surface area (Å²) in [4.78, 5) is 31.5. The predicted octanol–water partition coefficient (Wildman–Crippen LogP) is 6.93. The number of amides is 2. The van der Waals surface area contributed by atoms with Crippen molar-refractivity contribution >= 4 is 17.5 Å². The van der Waals surface area contributed by atoms with E-state index in [0.717, 1.165) is 36.3 Å². The number of anilines is 1. The lowest BCUT2D eigenvalue weighted by Crippen LogP contribution is -2.47. The summed E-state index contributed by atoms with van der Waals surface area (Å²) in [5, 5.41) is 0. The maximum Gasteiger partial charge on any atom is 0.254 e. The van der Waals surface area contributed by atoms with Crippen LogP contribution in [-0.4, -0.2) is 33.9 Å². The average molecular weight is 522 g/mol. The fourth-order valence-corrected chi connectivity index (χ4v) is 5.69. The average Bonchev–Trinajstić information content (AvgIpc) is 3.43. The molecule has 39 heavy (non-hydrogen) atoms. The second kappa shape index (κ2) is 11.0. The normalized spacial score (nSPS) is 16.0.